The molecule has 9 heavy (non-hydrogen) atoms. The monoisotopic (exact) mass is 133 g/mol. The second kappa shape index (κ2) is 6.01. The van der Waals surface area contributed by atoms with Gasteiger partial charge < -0.3 is 15.6 Å². The standard InChI is InChI=1S/C6H15NO2/c1-6(7)2-4-9-5-3-8/h6,8H,2-5,7H2,1H3. The number of nitrogens with two attached hydrogens (primary N) is 1. The number of ether oxygens (including phenoxy) is 1. The van der Waals surface area contributed by atoms with Gasteiger partial charge in [0.25, 0.3) is 0 Å². The molecular formula is C6H15NO2. The van der Waals surface area contributed by atoms with Crippen LogP contribution in [0.1, 0.15) is 13.3 Å². The van der Waals surface area contributed by atoms with E-state index in [0.717, 1.165) is 6.42 Å². The first-order valence-electron chi connectivity index (χ1n) is 3.21. The Bertz CT molecular complexity index is 57.0. The number of aliphatic hydroxyl groups is 1. The predicted octanol–water partition coefficient (Wildman–Crippen LogP) is -0.267. The summed E-state index contributed by atoms with van der Waals surface area (Å²) >= 11 is 0. The van der Waals surface area contributed by atoms with E-state index in [1.165, 1.54) is 0 Å². The summed E-state index contributed by atoms with van der Waals surface area (Å²) in [5, 5.41) is 8.28. The van der Waals surface area contributed by atoms with E-state index in [4.69, 9.17) is 15.6 Å². The lowest BCUT2D eigenvalue weighted by Gasteiger charge is -2.03. The van der Waals surface area contributed by atoms with Gasteiger partial charge in [0, 0.05) is 12.6 Å². The fourth-order valence-electron chi connectivity index (χ4n) is 0.436. The molecule has 0 fully saturated rings. The summed E-state index contributed by atoms with van der Waals surface area (Å²) in [5.41, 5.74) is 5.43. The van der Waals surface area contributed by atoms with Crippen LogP contribution in [-0.2, 0) is 4.74 Å². The van der Waals surface area contributed by atoms with E-state index in [9.17, 15) is 0 Å². The third-order valence-corrected chi connectivity index (χ3v) is 0.953. The molecule has 0 aromatic carbocycles. The van der Waals surface area contributed by atoms with Gasteiger partial charge in [-0.1, -0.05) is 0 Å². The van der Waals surface area contributed by atoms with Crippen molar-refractivity contribution in [3.63, 3.8) is 0 Å². The summed E-state index contributed by atoms with van der Waals surface area (Å²) in [6, 6.07) is 0.198. The van der Waals surface area contributed by atoms with E-state index in [1.54, 1.807) is 0 Å². The molecule has 0 aliphatic heterocycles. The Kier molecular flexibility index (Phi) is 5.93. The molecule has 56 valence electrons. The minimum absolute atomic E-state index is 0.0962. The SMILES string of the molecule is CC(N)CCOCCO. The molecule has 0 radical (unpaired) electrons. The Labute approximate surface area is 55.8 Å². The third kappa shape index (κ3) is 7.88. The summed E-state index contributed by atoms with van der Waals surface area (Å²) in [6.07, 6.45) is 0.861. The zero-order valence-electron chi connectivity index (χ0n) is 5.84. The van der Waals surface area contributed by atoms with Crippen molar-refractivity contribution in [3.05, 3.63) is 0 Å². The zero-order valence-corrected chi connectivity index (χ0v) is 5.84. The van der Waals surface area contributed by atoms with Gasteiger partial charge in [-0.05, 0) is 13.3 Å². The first-order chi connectivity index (χ1) is 4.27. The number of rotatable bonds is 5. The van der Waals surface area contributed by atoms with E-state index in [0.29, 0.717) is 13.2 Å². The van der Waals surface area contributed by atoms with Crippen molar-refractivity contribution in [1.29, 1.82) is 0 Å². The molecule has 0 bridgehead atoms. The van der Waals surface area contributed by atoms with Crippen LogP contribution in [0.4, 0.5) is 0 Å². The molecule has 3 N–H and O–H groups in total. The molecule has 0 rings (SSSR count). The van der Waals surface area contributed by atoms with Crippen molar-refractivity contribution >= 4 is 0 Å². The van der Waals surface area contributed by atoms with Crippen LogP contribution in [0.5, 0.6) is 0 Å². The average molecular weight is 133 g/mol. The van der Waals surface area contributed by atoms with Crippen molar-refractivity contribution < 1.29 is 9.84 Å². The van der Waals surface area contributed by atoms with Gasteiger partial charge in [0.2, 0.25) is 0 Å². The Balaban J connectivity index is 2.75. The van der Waals surface area contributed by atoms with Gasteiger partial charge in [-0.15, -0.1) is 0 Å². The summed E-state index contributed by atoms with van der Waals surface area (Å²) < 4.78 is 4.96. The van der Waals surface area contributed by atoms with Crippen LogP contribution in [0.15, 0.2) is 0 Å². The van der Waals surface area contributed by atoms with Crippen molar-refractivity contribution in [2.24, 2.45) is 5.73 Å². The van der Waals surface area contributed by atoms with E-state index in [-0.39, 0.29) is 12.6 Å². The van der Waals surface area contributed by atoms with Crippen LogP contribution in [-0.4, -0.2) is 31.0 Å². The molecule has 3 heteroatoms. The van der Waals surface area contributed by atoms with Crippen LogP contribution in [0.3, 0.4) is 0 Å². The molecule has 0 aliphatic rings. The number of aliphatic hydroxyl groups excluding tert-OH is 1. The van der Waals surface area contributed by atoms with Gasteiger partial charge in [-0.2, -0.15) is 0 Å². The Hall–Kier alpha value is -0.120. The average Bonchev–Trinajstić information content (AvgIpc) is 1.80. The smallest absolute Gasteiger partial charge is 0.0697 e. The van der Waals surface area contributed by atoms with Crippen molar-refractivity contribution in [2.75, 3.05) is 19.8 Å². The predicted molar refractivity (Wildman–Crippen MR) is 36.2 cm³/mol. The molecule has 0 aromatic rings. The van der Waals surface area contributed by atoms with E-state index >= 15 is 0 Å². The van der Waals surface area contributed by atoms with E-state index in [2.05, 4.69) is 0 Å². The van der Waals surface area contributed by atoms with Crippen LogP contribution >= 0.6 is 0 Å². The van der Waals surface area contributed by atoms with Crippen molar-refractivity contribution in [3.8, 4) is 0 Å². The molecule has 3 nitrogen and oxygen atoms in total. The molecular weight excluding hydrogens is 118 g/mol. The summed E-state index contributed by atoms with van der Waals surface area (Å²) in [5.74, 6) is 0. The lowest BCUT2D eigenvalue weighted by molar-refractivity contribution is 0.0884. The molecule has 0 spiro atoms. The first-order valence-corrected chi connectivity index (χ1v) is 3.21. The van der Waals surface area contributed by atoms with Crippen molar-refractivity contribution in [1.82, 2.24) is 0 Å². The molecule has 0 aliphatic carbocycles. The van der Waals surface area contributed by atoms with Gasteiger partial charge in [0.15, 0.2) is 0 Å². The van der Waals surface area contributed by atoms with Crippen LogP contribution in [0.2, 0.25) is 0 Å². The molecule has 0 heterocycles. The van der Waals surface area contributed by atoms with Gasteiger partial charge in [-0.25, -0.2) is 0 Å². The van der Waals surface area contributed by atoms with E-state index in [1.807, 2.05) is 6.92 Å². The van der Waals surface area contributed by atoms with Crippen LogP contribution in [0, 0.1) is 0 Å². The maximum Gasteiger partial charge on any atom is 0.0697 e. The second-order valence-electron chi connectivity index (χ2n) is 2.10. The molecule has 0 saturated heterocycles. The number of hydrogen-bond acceptors (Lipinski definition) is 3. The fraction of sp³-hybridized carbons (Fsp3) is 1.00. The first kappa shape index (κ1) is 8.88. The molecule has 1 unspecified atom stereocenters. The summed E-state index contributed by atoms with van der Waals surface area (Å²) in [7, 11) is 0. The fourth-order valence-corrected chi connectivity index (χ4v) is 0.436. The third-order valence-electron chi connectivity index (χ3n) is 0.953. The highest BCUT2D eigenvalue weighted by Gasteiger charge is 1.91. The summed E-state index contributed by atoms with van der Waals surface area (Å²) in [6.45, 7) is 3.10. The lowest BCUT2D eigenvalue weighted by atomic mass is 10.3. The van der Waals surface area contributed by atoms with Gasteiger partial charge in [0.1, 0.15) is 0 Å². The Morgan fingerprint density at radius 2 is 2.22 bits per heavy atom. The minimum Gasteiger partial charge on any atom is -0.394 e. The van der Waals surface area contributed by atoms with Crippen LogP contribution < -0.4 is 5.73 Å². The maximum atomic E-state index is 8.28. The minimum atomic E-state index is 0.0962. The molecule has 1 atom stereocenters. The van der Waals surface area contributed by atoms with E-state index < -0.39 is 0 Å². The Morgan fingerprint density at radius 1 is 1.56 bits per heavy atom. The van der Waals surface area contributed by atoms with Crippen LogP contribution in [0.25, 0.3) is 0 Å². The highest BCUT2D eigenvalue weighted by atomic mass is 16.5. The largest absolute Gasteiger partial charge is 0.394 e. The van der Waals surface area contributed by atoms with Gasteiger partial charge >= 0.3 is 0 Å². The number of hydrogen-bond donors (Lipinski definition) is 2. The molecule has 0 aromatic heterocycles. The van der Waals surface area contributed by atoms with Gasteiger partial charge in [0.05, 0.1) is 13.2 Å². The highest BCUT2D eigenvalue weighted by Crippen LogP contribution is 1.85. The second-order valence-corrected chi connectivity index (χ2v) is 2.10. The zero-order chi connectivity index (χ0) is 7.11. The normalized spacial score (nSPS) is 13.7. The Morgan fingerprint density at radius 3 is 2.67 bits per heavy atom. The quantitative estimate of drug-likeness (QED) is 0.508. The lowest BCUT2D eigenvalue weighted by Crippen LogP contribution is -2.17. The van der Waals surface area contributed by atoms with Gasteiger partial charge in [-0.3, -0.25) is 0 Å². The highest BCUT2D eigenvalue weighted by molar-refractivity contribution is 4.49. The molecule has 0 amide bonds. The van der Waals surface area contributed by atoms with Crippen molar-refractivity contribution in [2.45, 2.75) is 19.4 Å². The molecule has 0 saturated carbocycles. The maximum absolute atomic E-state index is 8.28. The topological polar surface area (TPSA) is 55.5 Å². The summed E-state index contributed by atoms with van der Waals surface area (Å²) in [4.78, 5) is 0.